The molecule has 37 heavy (non-hydrogen) atoms. The molecule has 1 heterocycles. The highest BCUT2D eigenvalue weighted by molar-refractivity contribution is 5.96. The predicted octanol–water partition coefficient (Wildman–Crippen LogP) is 3.51. The van der Waals surface area contributed by atoms with Crippen LogP contribution in [0, 0.1) is 0 Å². The number of Topliss-reactive ketones (excluding diaryl/α,β-unsaturated/α-hetero) is 1. The van der Waals surface area contributed by atoms with Crippen LogP contribution in [0.3, 0.4) is 0 Å². The van der Waals surface area contributed by atoms with E-state index in [0.29, 0.717) is 55.6 Å². The van der Waals surface area contributed by atoms with Gasteiger partial charge in [-0.1, -0.05) is 12.1 Å². The number of ether oxygens (including phenoxy) is 2. The summed E-state index contributed by atoms with van der Waals surface area (Å²) < 4.78 is 10.8. The highest BCUT2D eigenvalue weighted by Crippen LogP contribution is 2.23. The molecular formula is C29H40N2O6. The lowest BCUT2D eigenvalue weighted by Crippen LogP contribution is -2.47. The van der Waals surface area contributed by atoms with E-state index in [4.69, 9.17) is 9.47 Å². The number of carbonyl (C=O) groups is 2. The van der Waals surface area contributed by atoms with Crippen LogP contribution in [0.25, 0.3) is 0 Å². The van der Waals surface area contributed by atoms with Crippen molar-refractivity contribution in [2.24, 2.45) is 0 Å². The van der Waals surface area contributed by atoms with Gasteiger partial charge in [-0.2, -0.15) is 0 Å². The van der Waals surface area contributed by atoms with E-state index in [0.717, 1.165) is 12.3 Å². The van der Waals surface area contributed by atoms with Crippen LogP contribution in [0.2, 0.25) is 0 Å². The van der Waals surface area contributed by atoms with Gasteiger partial charge in [0, 0.05) is 38.0 Å². The number of aliphatic hydroxyl groups is 2. The second kappa shape index (κ2) is 14.1. The van der Waals surface area contributed by atoms with Crippen molar-refractivity contribution in [3.05, 3.63) is 59.7 Å². The molecule has 3 N–H and O–H groups in total. The first-order chi connectivity index (χ1) is 17.7. The molecule has 2 aromatic carbocycles. The summed E-state index contributed by atoms with van der Waals surface area (Å²) >= 11 is 0. The van der Waals surface area contributed by atoms with Crippen LogP contribution >= 0.6 is 0 Å². The molecule has 0 aliphatic carbocycles. The first-order valence-corrected chi connectivity index (χ1v) is 13.1. The molecule has 3 rings (SSSR count). The van der Waals surface area contributed by atoms with E-state index in [2.05, 4.69) is 10.2 Å². The van der Waals surface area contributed by atoms with E-state index in [1.165, 1.54) is 0 Å². The first kappa shape index (κ1) is 28.6. The van der Waals surface area contributed by atoms with Gasteiger partial charge in [-0.05, 0) is 75.1 Å². The number of hydrogen-bond donors (Lipinski definition) is 3. The van der Waals surface area contributed by atoms with E-state index in [1.54, 1.807) is 31.4 Å². The summed E-state index contributed by atoms with van der Waals surface area (Å²) in [4.78, 5) is 27.2. The maximum absolute atomic E-state index is 12.8. The standard InChI is InChI=1S/C29H40N2O6/c1-20(2)37-25-14-10-22(11-15-25)29(35)26(19-31-17-16-23(32)18-31)30-28(34)7-5-4-6-27(33)21-8-12-24(36-3)13-9-21/h8-15,20,23,26,29,32,35H,4-7,16-19H2,1-3H3,(H,30,34)/t23-,26+,29+/m0/s1. The van der Waals surface area contributed by atoms with Crippen molar-refractivity contribution in [1.82, 2.24) is 10.2 Å². The molecule has 0 aromatic heterocycles. The molecule has 202 valence electrons. The molecule has 0 saturated carbocycles. The third-order valence-electron chi connectivity index (χ3n) is 6.49. The molecule has 1 amide bonds. The van der Waals surface area contributed by atoms with Crippen molar-refractivity contribution >= 4 is 11.7 Å². The van der Waals surface area contributed by atoms with E-state index in [9.17, 15) is 19.8 Å². The molecule has 1 saturated heterocycles. The number of ketones is 1. The van der Waals surface area contributed by atoms with Gasteiger partial charge in [-0.15, -0.1) is 0 Å². The highest BCUT2D eigenvalue weighted by Gasteiger charge is 2.29. The Hall–Kier alpha value is -2.94. The first-order valence-electron chi connectivity index (χ1n) is 13.1. The van der Waals surface area contributed by atoms with Gasteiger partial charge < -0.3 is 25.0 Å². The van der Waals surface area contributed by atoms with Crippen molar-refractivity contribution in [1.29, 1.82) is 0 Å². The third-order valence-corrected chi connectivity index (χ3v) is 6.49. The zero-order chi connectivity index (χ0) is 26.8. The van der Waals surface area contributed by atoms with Crippen LogP contribution < -0.4 is 14.8 Å². The number of rotatable bonds is 14. The SMILES string of the molecule is COc1ccc(C(=O)CCCCC(=O)N[C@H](CN2CC[C@H](O)C2)[C@H](O)c2ccc(OC(C)C)cc2)cc1. The maximum atomic E-state index is 12.8. The number of β-amino-alcohol motifs (C(OH)–C–C–N with tert-alkyl or cyclic N) is 1. The Morgan fingerprint density at radius 2 is 1.68 bits per heavy atom. The molecule has 1 fully saturated rings. The fourth-order valence-electron chi connectivity index (χ4n) is 4.50. The minimum Gasteiger partial charge on any atom is -0.497 e. The monoisotopic (exact) mass is 512 g/mol. The lowest BCUT2D eigenvalue weighted by molar-refractivity contribution is -0.123. The summed E-state index contributed by atoms with van der Waals surface area (Å²) in [6, 6.07) is 13.7. The Balaban J connectivity index is 1.53. The molecule has 0 unspecified atom stereocenters. The average Bonchev–Trinajstić information content (AvgIpc) is 3.30. The van der Waals surface area contributed by atoms with Crippen LogP contribution in [-0.4, -0.2) is 71.8 Å². The Bertz CT molecular complexity index is 992. The molecule has 8 heteroatoms. The van der Waals surface area contributed by atoms with Gasteiger partial charge in [0.15, 0.2) is 5.78 Å². The van der Waals surface area contributed by atoms with Crippen molar-refractivity contribution < 1.29 is 29.3 Å². The van der Waals surface area contributed by atoms with Crippen molar-refractivity contribution in [2.75, 3.05) is 26.7 Å². The van der Waals surface area contributed by atoms with E-state index in [-0.39, 0.29) is 30.3 Å². The third kappa shape index (κ3) is 9.14. The topological polar surface area (TPSA) is 108 Å². The van der Waals surface area contributed by atoms with Crippen molar-refractivity contribution in [3.63, 3.8) is 0 Å². The number of benzene rings is 2. The Kier molecular flexibility index (Phi) is 10.9. The second-order valence-electron chi connectivity index (χ2n) is 9.92. The van der Waals surface area contributed by atoms with Gasteiger partial charge in [0.1, 0.15) is 17.6 Å². The lowest BCUT2D eigenvalue weighted by atomic mass is 10.0. The minimum absolute atomic E-state index is 0.0360. The average molecular weight is 513 g/mol. The number of carbonyl (C=O) groups excluding carboxylic acids is 2. The molecule has 2 aromatic rings. The van der Waals surface area contributed by atoms with Crippen LogP contribution in [0.1, 0.15) is 68.0 Å². The predicted molar refractivity (Wildman–Crippen MR) is 142 cm³/mol. The smallest absolute Gasteiger partial charge is 0.220 e. The van der Waals surface area contributed by atoms with Gasteiger partial charge in [-0.3, -0.25) is 14.5 Å². The molecule has 0 radical (unpaired) electrons. The number of hydrogen-bond acceptors (Lipinski definition) is 7. The largest absolute Gasteiger partial charge is 0.497 e. The van der Waals surface area contributed by atoms with E-state index in [1.807, 2.05) is 38.1 Å². The van der Waals surface area contributed by atoms with Gasteiger partial charge in [-0.25, -0.2) is 0 Å². The van der Waals surface area contributed by atoms with Gasteiger partial charge in [0.25, 0.3) is 0 Å². The van der Waals surface area contributed by atoms with Crippen LogP contribution in [0.4, 0.5) is 0 Å². The lowest BCUT2D eigenvalue weighted by Gasteiger charge is -2.29. The normalized spacial score (nSPS) is 17.4. The maximum Gasteiger partial charge on any atom is 0.220 e. The minimum atomic E-state index is -0.911. The van der Waals surface area contributed by atoms with Crippen LogP contribution in [0.15, 0.2) is 48.5 Å². The summed E-state index contributed by atoms with van der Waals surface area (Å²) in [7, 11) is 1.58. The fraction of sp³-hybridized carbons (Fsp3) is 0.517. The molecule has 8 nitrogen and oxygen atoms in total. The summed E-state index contributed by atoms with van der Waals surface area (Å²) in [6.07, 6.45) is 1.23. The number of likely N-dealkylation sites (tertiary alicyclic amines) is 1. The molecule has 1 aliphatic rings. The van der Waals surface area contributed by atoms with Gasteiger partial charge >= 0.3 is 0 Å². The van der Waals surface area contributed by atoms with E-state index < -0.39 is 12.1 Å². The Labute approximate surface area is 219 Å². The van der Waals surface area contributed by atoms with Gasteiger partial charge in [0.2, 0.25) is 5.91 Å². The second-order valence-corrected chi connectivity index (χ2v) is 9.92. The molecule has 0 spiro atoms. The Morgan fingerprint density at radius 3 is 2.27 bits per heavy atom. The van der Waals surface area contributed by atoms with Gasteiger partial charge in [0.05, 0.1) is 25.4 Å². The Morgan fingerprint density at radius 1 is 1.03 bits per heavy atom. The van der Waals surface area contributed by atoms with Crippen LogP contribution in [0.5, 0.6) is 11.5 Å². The van der Waals surface area contributed by atoms with Crippen LogP contribution in [-0.2, 0) is 4.79 Å². The number of methoxy groups -OCH3 is 1. The highest BCUT2D eigenvalue weighted by atomic mass is 16.5. The van der Waals surface area contributed by atoms with Crippen molar-refractivity contribution in [2.45, 2.75) is 70.3 Å². The quantitative estimate of drug-likeness (QED) is 0.263. The molecule has 1 aliphatic heterocycles. The number of nitrogens with one attached hydrogen (secondary N) is 1. The van der Waals surface area contributed by atoms with Crippen molar-refractivity contribution in [3.8, 4) is 11.5 Å². The number of amides is 1. The summed E-state index contributed by atoms with van der Waals surface area (Å²) in [5, 5.41) is 24.0. The molecule has 3 atom stereocenters. The number of aliphatic hydroxyl groups excluding tert-OH is 2. The zero-order valence-electron chi connectivity index (χ0n) is 22.1. The summed E-state index contributed by atoms with van der Waals surface area (Å²) in [6.45, 7) is 5.58. The molecule has 0 bridgehead atoms. The molecular weight excluding hydrogens is 472 g/mol. The number of nitrogens with zero attached hydrogens (tertiary/aromatic N) is 1. The fourth-order valence-corrected chi connectivity index (χ4v) is 4.50. The zero-order valence-corrected chi connectivity index (χ0v) is 22.1. The van der Waals surface area contributed by atoms with E-state index >= 15 is 0 Å². The summed E-state index contributed by atoms with van der Waals surface area (Å²) in [5.74, 6) is 1.29. The summed E-state index contributed by atoms with van der Waals surface area (Å²) in [5.41, 5.74) is 1.32. The number of unbranched alkanes of at least 4 members (excludes halogenated alkanes) is 1.